The van der Waals surface area contributed by atoms with Crippen molar-refractivity contribution >= 4 is 21.5 Å². The number of phenolic OH excluding ortho intramolecular Hbond substituents is 1. The Morgan fingerprint density at radius 3 is 2.05 bits per heavy atom. The monoisotopic (exact) mass is 328 g/mol. The van der Waals surface area contributed by atoms with Crippen molar-refractivity contribution in [3.63, 3.8) is 0 Å². The van der Waals surface area contributed by atoms with Crippen LogP contribution in [0.2, 0.25) is 0 Å². The topological polar surface area (TPSA) is 63.6 Å². The standard InChI is InChI=1S/C11H16O4S.C4H4S/c1-4-5-15-16(13,14)10-6-8(2)11(12)9(3)7-10;1-2-4-5-3-1/h6-7,12H,4-5H2,1-3H3;1-4H. The molecular weight excluding hydrogens is 308 g/mol. The van der Waals surface area contributed by atoms with E-state index in [1.807, 2.05) is 29.8 Å². The molecule has 0 aliphatic heterocycles. The SMILES string of the molecule is CCCOS(=O)(=O)c1cc(C)c(O)c(C)c1.c1ccsc1. The zero-order chi connectivity index (χ0) is 15.9. The van der Waals surface area contributed by atoms with Crippen LogP contribution in [0.1, 0.15) is 24.5 Å². The second-order valence-electron chi connectivity index (χ2n) is 4.47. The van der Waals surface area contributed by atoms with Crippen molar-refractivity contribution in [1.29, 1.82) is 0 Å². The van der Waals surface area contributed by atoms with E-state index in [0.717, 1.165) is 0 Å². The zero-order valence-corrected chi connectivity index (χ0v) is 14.0. The highest BCUT2D eigenvalue weighted by molar-refractivity contribution is 7.86. The molecule has 0 fully saturated rings. The van der Waals surface area contributed by atoms with E-state index in [0.29, 0.717) is 17.5 Å². The maximum atomic E-state index is 11.7. The molecule has 0 amide bonds. The van der Waals surface area contributed by atoms with E-state index in [9.17, 15) is 13.5 Å². The van der Waals surface area contributed by atoms with E-state index in [1.54, 1.807) is 25.2 Å². The Bertz CT molecular complexity index is 606. The minimum absolute atomic E-state index is 0.0914. The van der Waals surface area contributed by atoms with E-state index in [-0.39, 0.29) is 17.3 Å². The van der Waals surface area contributed by atoms with E-state index < -0.39 is 10.1 Å². The zero-order valence-electron chi connectivity index (χ0n) is 12.4. The van der Waals surface area contributed by atoms with Gasteiger partial charge in [0.25, 0.3) is 10.1 Å². The molecule has 0 radical (unpaired) electrons. The molecule has 1 aromatic carbocycles. The lowest BCUT2D eigenvalue weighted by Gasteiger charge is -2.08. The summed E-state index contributed by atoms with van der Waals surface area (Å²) in [6.45, 7) is 5.31. The molecular formula is C15H20O4S2. The average Bonchev–Trinajstić information content (AvgIpc) is 3.01. The molecule has 0 aliphatic rings. The highest BCUT2D eigenvalue weighted by Gasteiger charge is 2.17. The van der Waals surface area contributed by atoms with Gasteiger partial charge < -0.3 is 5.11 Å². The van der Waals surface area contributed by atoms with E-state index in [4.69, 9.17) is 4.18 Å². The maximum Gasteiger partial charge on any atom is 0.296 e. The number of phenols is 1. The Kier molecular flexibility index (Phi) is 6.87. The molecule has 1 N–H and O–H groups in total. The van der Waals surface area contributed by atoms with Crippen LogP contribution >= 0.6 is 11.3 Å². The minimum Gasteiger partial charge on any atom is -0.507 e. The molecule has 0 saturated heterocycles. The molecule has 1 heterocycles. The van der Waals surface area contributed by atoms with Crippen LogP contribution in [0.25, 0.3) is 0 Å². The van der Waals surface area contributed by atoms with Crippen molar-refractivity contribution in [2.75, 3.05) is 6.61 Å². The van der Waals surface area contributed by atoms with Crippen molar-refractivity contribution < 1.29 is 17.7 Å². The van der Waals surface area contributed by atoms with Crippen molar-refractivity contribution in [1.82, 2.24) is 0 Å². The number of rotatable bonds is 4. The van der Waals surface area contributed by atoms with Gasteiger partial charge in [0.15, 0.2) is 0 Å². The summed E-state index contributed by atoms with van der Waals surface area (Å²) in [5, 5.41) is 13.6. The van der Waals surface area contributed by atoms with Gasteiger partial charge in [0.2, 0.25) is 0 Å². The fraction of sp³-hybridized carbons (Fsp3) is 0.333. The van der Waals surface area contributed by atoms with Gasteiger partial charge in [-0.05, 0) is 54.3 Å². The molecule has 0 aliphatic carbocycles. The van der Waals surface area contributed by atoms with Crippen LogP contribution in [0.4, 0.5) is 0 Å². The van der Waals surface area contributed by atoms with Crippen molar-refractivity contribution in [2.45, 2.75) is 32.1 Å². The first-order valence-electron chi connectivity index (χ1n) is 6.55. The van der Waals surface area contributed by atoms with Crippen molar-refractivity contribution in [3.05, 3.63) is 46.2 Å². The van der Waals surface area contributed by atoms with E-state index in [1.165, 1.54) is 12.1 Å². The number of aryl methyl sites for hydroxylation is 2. The van der Waals surface area contributed by atoms with Gasteiger partial charge in [-0.3, -0.25) is 4.18 Å². The predicted molar refractivity (Wildman–Crippen MR) is 85.3 cm³/mol. The molecule has 2 aromatic rings. The lowest BCUT2D eigenvalue weighted by atomic mass is 10.1. The molecule has 1 aromatic heterocycles. The summed E-state index contributed by atoms with van der Waals surface area (Å²) >= 11 is 1.71. The fourth-order valence-electron chi connectivity index (χ4n) is 1.55. The van der Waals surface area contributed by atoms with Gasteiger partial charge in [0.05, 0.1) is 11.5 Å². The van der Waals surface area contributed by atoms with Gasteiger partial charge in [-0.15, -0.1) is 0 Å². The number of benzene rings is 1. The lowest BCUT2D eigenvalue weighted by molar-refractivity contribution is 0.318. The summed E-state index contributed by atoms with van der Waals surface area (Å²) in [7, 11) is -3.70. The smallest absolute Gasteiger partial charge is 0.296 e. The first-order valence-corrected chi connectivity index (χ1v) is 8.90. The van der Waals surface area contributed by atoms with Gasteiger partial charge >= 0.3 is 0 Å². The molecule has 4 nitrogen and oxygen atoms in total. The van der Waals surface area contributed by atoms with Crippen LogP contribution in [-0.4, -0.2) is 20.1 Å². The van der Waals surface area contributed by atoms with Gasteiger partial charge in [-0.2, -0.15) is 19.8 Å². The third kappa shape index (κ3) is 5.49. The second kappa shape index (κ2) is 8.17. The Hall–Kier alpha value is -1.37. The van der Waals surface area contributed by atoms with Crippen molar-refractivity contribution in [2.24, 2.45) is 0 Å². The second-order valence-corrected chi connectivity index (χ2v) is 6.91. The normalized spacial score (nSPS) is 10.8. The summed E-state index contributed by atoms with van der Waals surface area (Å²) < 4.78 is 28.2. The quantitative estimate of drug-likeness (QED) is 0.865. The Labute approximate surface area is 130 Å². The van der Waals surface area contributed by atoms with Crippen molar-refractivity contribution in [3.8, 4) is 5.75 Å². The van der Waals surface area contributed by atoms with Crippen LogP contribution in [0.3, 0.4) is 0 Å². The highest BCUT2D eigenvalue weighted by Crippen LogP contribution is 2.26. The average molecular weight is 328 g/mol. The van der Waals surface area contributed by atoms with Gasteiger partial charge in [0.1, 0.15) is 5.75 Å². The van der Waals surface area contributed by atoms with Gasteiger partial charge in [0, 0.05) is 0 Å². The number of thiophene rings is 1. The molecule has 116 valence electrons. The molecule has 0 bridgehead atoms. The van der Waals surface area contributed by atoms with Crippen LogP contribution in [0, 0.1) is 13.8 Å². The van der Waals surface area contributed by atoms with Crippen LogP contribution in [0.15, 0.2) is 39.9 Å². The summed E-state index contributed by atoms with van der Waals surface area (Å²) in [4.78, 5) is 0.0914. The first kappa shape index (κ1) is 17.7. The van der Waals surface area contributed by atoms with E-state index >= 15 is 0 Å². The molecule has 0 saturated carbocycles. The van der Waals surface area contributed by atoms with Crippen LogP contribution < -0.4 is 0 Å². The molecule has 0 unspecified atom stereocenters. The summed E-state index contributed by atoms with van der Waals surface area (Å²) in [5.74, 6) is 0.120. The van der Waals surface area contributed by atoms with Gasteiger partial charge in [-0.1, -0.05) is 19.1 Å². The summed E-state index contributed by atoms with van der Waals surface area (Å²) in [5.41, 5.74) is 1.05. The Balaban J connectivity index is 0.000000369. The molecule has 21 heavy (non-hydrogen) atoms. The third-order valence-corrected chi connectivity index (χ3v) is 4.54. The lowest BCUT2D eigenvalue weighted by Crippen LogP contribution is -2.07. The molecule has 2 rings (SSSR count). The molecule has 0 atom stereocenters. The Morgan fingerprint density at radius 2 is 1.67 bits per heavy atom. The first-order chi connectivity index (χ1) is 9.88. The molecule has 0 spiro atoms. The largest absolute Gasteiger partial charge is 0.507 e. The summed E-state index contributed by atoms with van der Waals surface area (Å²) in [6.07, 6.45) is 0.634. The minimum atomic E-state index is -3.70. The number of aromatic hydroxyl groups is 1. The van der Waals surface area contributed by atoms with Gasteiger partial charge in [-0.25, -0.2) is 0 Å². The molecule has 6 heteroatoms. The summed E-state index contributed by atoms with van der Waals surface area (Å²) in [6, 6.07) is 6.86. The third-order valence-electron chi connectivity index (χ3n) is 2.62. The predicted octanol–water partition coefficient (Wildman–Crippen LogP) is 3.87. The van der Waals surface area contributed by atoms with Crippen LogP contribution in [0.5, 0.6) is 5.75 Å². The van der Waals surface area contributed by atoms with Crippen LogP contribution in [-0.2, 0) is 14.3 Å². The number of hydrogen-bond acceptors (Lipinski definition) is 5. The maximum absolute atomic E-state index is 11.7. The van der Waals surface area contributed by atoms with E-state index in [2.05, 4.69) is 0 Å². The Morgan fingerprint density at radius 1 is 1.14 bits per heavy atom. The highest BCUT2D eigenvalue weighted by atomic mass is 32.2. The number of hydrogen-bond donors (Lipinski definition) is 1. The fourth-order valence-corrected chi connectivity index (χ4v) is 3.17.